The van der Waals surface area contributed by atoms with E-state index in [2.05, 4.69) is 5.10 Å². The maximum atomic E-state index is 13.4. The van der Waals surface area contributed by atoms with Crippen molar-refractivity contribution in [3.63, 3.8) is 0 Å². The molecule has 2 aromatic rings. The van der Waals surface area contributed by atoms with Crippen LogP contribution in [0.2, 0.25) is 0 Å². The summed E-state index contributed by atoms with van der Waals surface area (Å²) in [5, 5.41) is 11.1. The molecule has 0 aliphatic rings. The van der Waals surface area contributed by atoms with Gasteiger partial charge in [-0.3, -0.25) is 9.89 Å². The molecule has 0 radical (unpaired) electrons. The monoisotopic (exact) mass is 222 g/mol. The van der Waals surface area contributed by atoms with Crippen LogP contribution >= 0.6 is 0 Å². The van der Waals surface area contributed by atoms with Crippen LogP contribution in [0, 0.1) is 5.82 Å². The Kier molecular flexibility index (Phi) is 2.32. The highest BCUT2D eigenvalue weighted by atomic mass is 19.1. The van der Waals surface area contributed by atoms with E-state index in [1.807, 2.05) is 0 Å². The number of aromatic amines is 1. The molecule has 6 heteroatoms. The number of carboxylic acid groups (broad SMARTS) is 1. The number of para-hydroxylation sites is 1. The van der Waals surface area contributed by atoms with Crippen LogP contribution in [0.3, 0.4) is 0 Å². The summed E-state index contributed by atoms with van der Waals surface area (Å²) >= 11 is 0. The molecule has 1 aromatic heterocycles. The Labute approximate surface area is 88.7 Å². The zero-order valence-corrected chi connectivity index (χ0v) is 7.98. The number of aromatic carboxylic acids is 1. The third kappa shape index (κ3) is 1.60. The highest BCUT2D eigenvalue weighted by Crippen LogP contribution is 2.12. The van der Waals surface area contributed by atoms with Gasteiger partial charge in [-0.2, -0.15) is 0 Å². The number of nitrogens with one attached hydrogen (secondary N) is 1. The summed E-state index contributed by atoms with van der Waals surface area (Å²) < 4.78 is 14.3. The van der Waals surface area contributed by atoms with Crippen molar-refractivity contribution in [1.29, 1.82) is 0 Å². The fourth-order valence-corrected chi connectivity index (χ4v) is 1.37. The Hall–Kier alpha value is -2.37. The summed E-state index contributed by atoms with van der Waals surface area (Å²) in [4.78, 5) is 21.9. The molecule has 0 saturated heterocycles. The first-order valence-corrected chi connectivity index (χ1v) is 4.40. The molecular weight excluding hydrogens is 215 g/mol. The van der Waals surface area contributed by atoms with Gasteiger partial charge in [0.2, 0.25) is 0 Å². The lowest BCUT2D eigenvalue weighted by Crippen LogP contribution is -2.10. The van der Waals surface area contributed by atoms with E-state index in [-0.39, 0.29) is 11.4 Å². The maximum Gasteiger partial charge on any atom is 0.354 e. The number of hydrogen-bond acceptors (Lipinski definition) is 2. The molecule has 0 atom stereocenters. The van der Waals surface area contributed by atoms with Crippen molar-refractivity contribution < 1.29 is 14.3 Å². The van der Waals surface area contributed by atoms with Crippen molar-refractivity contribution in [1.82, 2.24) is 9.78 Å². The molecule has 2 N–H and O–H groups in total. The van der Waals surface area contributed by atoms with Crippen LogP contribution < -0.4 is 5.56 Å². The van der Waals surface area contributed by atoms with Crippen LogP contribution in [0.5, 0.6) is 0 Å². The zero-order valence-electron chi connectivity index (χ0n) is 7.98. The number of benzene rings is 1. The van der Waals surface area contributed by atoms with Gasteiger partial charge >= 0.3 is 5.97 Å². The molecule has 0 bridgehead atoms. The fraction of sp³-hybridized carbons (Fsp3) is 0. The Morgan fingerprint density at radius 1 is 1.38 bits per heavy atom. The van der Waals surface area contributed by atoms with Crippen LogP contribution in [-0.2, 0) is 0 Å². The lowest BCUT2D eigenvalue weighted by Gasteiger charge is -2.05. The predicted octanol–water partition coefficient (Wildman–Crippen LogP) is 1.00. The molecule has 1 aromatic carbocycles. The zero-order chi connectivity index (χ0) is 11.7. The number of carboxylic acids is 1. The van der Waals surface area contributed by atoms with E-state index in [0.29, 0.717) is 0 Å². The van der Waals surface area contributed by atoms with Crippen LogP contribution in [-0.4, -0.2) is 20.9 Å². The first kappa shape index (κ1) is 10.2. The van der Waals surface area contributed by atoms with E-state index in [4.69, 9.17) is 5.11 Å². The van der Waals surface area contributed by atoms with Gasteiger partial charge in [-0.1, -0.05) is 12.1 Å². The van der Waals surface area contributed by atoms with Gasteiger partial charge in [0, 0.05) is 6.07 Å². The average molecular weight is 222 g/mol. The second-order valence-corrected chi connectivity index (χ2v) is 3.10. The number of aromatic nitrogens is 2. The molecule has 0 fully saturated rings. The average Bonchev–Trinajstić information content (AvgIpc) is 2.61. The molecule has 2 rings (SSSR count). The second kappa shape index (κ2) is 3.65. The number of hydrogen-bond donors (Lipinski definition) is 2. The van der Waals surface area contributed by atoms with E-state index < -0.39 is 17.3 Å². The third-order valence-electron chi connectivity index (χ3n) is 2.04. The van der Waals surface area contributed by atoms with Crippen LogP contribution in [0.15, 0.2) is 35.1 Å². The van der Waals surface area contributed by atoms with Gasteiger partial charge in [-0.15, -0.1) is 0 Å². The summed E-state index contributed by atoms with van der Waals surface area (Å²) in [6, 6.07) is 6.47. The smallest absolute Gasteiger partial charge is 0.354 e. The Morgan fingerprint density at radius 3 is 2.69 bits per heavy atom. The first-order chi connectivity index (χ1) is 7.59. The van der Waals surface area contributed by atoms with Gasteiger partial charge in [0.25, 0.3) is 5.56 Å². The van der Waals surface area contributed by atoms with E-state index in [1.54, 1.807) is 6.07 Å². The minimum atomic E-state index is -1.30. The molecule has 0 amide bonds. The van der Waals surface area contributed by atoms with E-state index in [1.165, 1.54) is 18.2 Å². The van der Waals surface area contributed by atoms with E-state index >= 15 is 0 Å². The lowest BCUT2D eigenvalue weighted by molar-refractivity contribution is 0.0687. The summed E-state index contributed by atoms with van der Waals surface area (Å²) in [5.74, 6) is -1.92. The van der Waals surface area contributed by atoms with Gasteiger partial charge in [-0.05, 0) is 12.1 Å². The Balaban J connectivity index is 2.69. The molecule has 0 saturated carbocycles. The standard InChI is InChI=1S/C10H7FN2O3/c11-6-3-1-2-4-7(6)13-8(10(15)16)5-9(14)12-13/h1-5H,(H,12,14)(H,15,16). The van der Waals surface area contributed by atoms with Crippen LogP contribution in [0.4, 0.5) is 4.39 Å². The van der Waals surface area contributed by atoms with Crippen molar-refractivity contribution in [2.75, 3.05) is 0 Å². The van der Waals surface area contributed by atoms with Crippen LogP contribution in [0.1, 0.15) is 10.5 Å². The molecule has 0 aliphatic heterocycles. The first-order valence-electron chi connectivity index (χ1n) is 4.40. The summed E-state index contributed by atoms with van der Waals surface area (Å²) in [5.41, 5.74) is -0.919. The van der Waals surface area contributed by atoms with Crippen molar-refractivity contribution in [2.45, 2.75) is 0 Å². The number of nitrogens with zero attached hydrogens (tertiary/aromatic N) is 1. The van der Waals surface area contributed by atoms with Crippen molar-refractivity contribution in [2.24, 2.45) is 0 Å². The maximum absolute atomic E-state index is 13.4. The van der Waals surface area contributed by atoms with Crippen molar-refractivity contribution >= 4 is 5.97 Å². The lowest BCUT2D eigenvalue weighted by atomic mass is 10.3. The minimum Gasteiger partial charge on any atom is -0.477 e. The molecule has 1 heterocycles. The Bertz CT molecular complexity index is 600. The SMILES string of the molecule is O=C(O)c1cc(=O)[nH]n1-c1ccccc1F. The topological polar surface area (TPSA) is 75.1 Å². The van der Waals surface area contributed by atoms with Crippen molar-refractivity contribution in [3.05, 3.63) is 52.2 Å². The molecule has 0 spiro atoms. The minimum absolute atomic E-state index is 0.0120. The number of halogens is 1. The number of H-pyrrole nitrogens is 1. The number of carbonyl (C=O) groups is 1. The summed E-state index contributed by atoms with van der Waals surface area (Å²) in [7, 11) is 0. The fourth-order valence-electron chi connectivity index (χ4n) is 1.37. The molecule has 82 valence electrons. The highest BCUT2D eigenvalue weighted by Gasteiger charge is 2.15. The molecule has 0 aliphatic carbocycles. The third-order valence-corrected chi connectivity index (χ3v) is 2.04. The molecule has 5 nitrogen and oxygen atoms in total. The molecular formula is C10H7FN2O3. The second-order valence-electron chi connectivity index (χ2n) is 3.10. The largest absolute Gasteiger partial charge is 0.477 e. The predicted molar refractivity (Wildman–Crippen MR) is 53.3 cm³/mol. The van der Waals surface area contributed by atoms with E-state index in [9.17, 15) is 14.0 Å². The van der Waals surface area contributed by atoms with Crippen molar-refractivity contribution in [3.8, 4) is 5.69 Å². The van der Waals surface area contributed by atoms with Crippen LogP contribution in [0.25, 0.3) is 5.69 Å². The van der Waals surface area contributed by atoms with Gasteiger partial charge in [0.15, 0.2) is 5.69 Å². The summed E-state index contributed by atoms with van der Waals surface area (Å²) in [6.07, 6.45) is 0. The quantitative estimate of drug-likeness (QED) is 0.796. The van der Waals surface area contributed by atoms with Gasteiger partial charge < -0.3 is 5.11 Å². The Morgan fingerprint density at radius 2 is 2.06 bits per heavy atom. The van der Waals surface area contributed by atoms with Gasteiger partial charge in [-0.25, -0.2) is 13.9 Å². The highest BCUT2D eigenvalue weighted by molar-refractivity contribution is 5.86. The normalized spacial score (nSPS) is 10.3. The summed E-state index contributed by atoms with van der Waals surface area (Å²) in [6.45, 7) is 0. The molecule has 16 heavy (non-hydrogen) atoms. The van der Waals surface area contributed by atoms with E-state index in [0.717, 1.165) is 10.7 Å². The van der Waals surface area contributed by atoms with Gasteiger partial charge in [0.05, 0.1) is 5.69 Å². The molecule has 0 unspecified atom stereocenters. The van der Waals surface area contributed by atoms with Gasteiger partial charge in [0.1, 0.15) is 5.82 Å². The number of rotatable bonds is 2.